The average Bonchev–Trinajstić information content (AvgIpc) is 2.28. The maximum atomic E-state index is 4.31. The van der Waals surface area contributed by atoms with Gasteiger partial charge in [-0.15, -0.1) is 0 Å². The van der Waals surface area contributed by atoms with E-state index in [0.29, 0.717) is 0 Å². The van der Waals surface area contributed by atoms with Crippen LogP contribution in [0.15, 0.2) is 21.3 Å². The predicted molar refractivity (Wildman–Crippen MR) is 42.7 cm³/mol. The Morgan fingerprint density at radius 2 is 2.30 bits per heavy atom. The summed E-state index contributed by atoms with van der Waals surface area (Å²) in [6.07, 6.45) is 7.46. The van der Waals surface area contributed by atoms with E-state index in [1.165, 1.54) is 24.1 Å². The second kappa shape index (κ2) is 2.37. The summed E-state index contributed by atoms with van der Waals surface area (Å²) in [5, 5.41) is 0. The van der Waals surface area contributed by atoms with Gasteiger partial charge in [-0.05, 0) is 24.8 Å². The third-order valence-corrected chi connectivity index (χ3v) is 1.91. The van der Waals surface area contributed by atoms with Crippen molar-refractivity contribution in [3.05, 3.63) is 11.3 Å². The molecule has 0 spiro atoms. The molecule has 0 aromatic heterocycles. The molecule has 0 fully saturated rings. The molecule has 0 unspecified atom stereocenters. The minimum atomic E-state index is 0.757. The average molecular weight is 134 g/mol. The first-order valence-corrected chi connectivity index (χ1v) is 3.71. The number of hydrogen-bond acceptors (Lipinski definition) is 2. The van der Waals surface area contributed by atoms with Crippen molar-refractivity contribution in [2.24, 2.45) is 9.98 Å². The van der Waals surface area contributed by atoms with Crippen molar-refractivity contribution < 1.29 is 0 Å². The molecule has 2 aliphatic rings. The van der Waals surface area contributed by atoms with E-state index in [1.54, 1.807) is 0 Å². The highest BCUT2D eigenvalue weighted by Gasteiger charge is 2.11. The molecule has 0 atom stereocenters. The van der Waals surface area contributed by atoms with Gasteiger partial charge >= 0.3 is 0 Å². The van der Waals surface area contributed by atoms with Gasteiger partial charge in [0.25, 0.3) is 0 Å². The van der Waals surface area contributed by atoms with E-state index in [2.05, 4.69) is 9.98 Å². The lowest BCUT2D eigenvalue weighted by Crippen LogP contribution is -1.80. The molecule has 0 saturated carbocycles. The summed E-state index contributed by atoms with van der Waals surface area (Å²) < 4.78 is 0. The Morgan fingerprint density at radius 3 is 3.30 bits per heavy atom. The topological polar surface area (TPSA) is 24.7 Å². The molecule has 0 aromatic rings. The zero-order valence-electron chi connectivity index (χ0n) is 5.88. The first-order valence-electron chi connectivity index (χ1n) is 3.71. The van der Waals surface area contributed by atoms with Crippen LogP contribution in [0.25, 0.3) is 0 Å². The predicted octanol–water partition coefficient (Wildman–Crippen LogP) is 1.58. The lowest BCUT2D eigenvalue weighted by Gasteiger charge is -1.90. The van der Waals surface area contributed by atoms with E-state index >= 15 is 0 Å². The fourth-order valence-electron chi connectivity index (χ4n) is 1.40. The Bertz CT molecular complexity index is 201. The van der Waals surface area contributed by atoms with Crippen LogP contribution < -0.4 is 0 Å². The molecule has 1 aliphatic heterocycles. The second-order valence-electron chi connectivity index (χ2n) is 2.63. The molecular weight excluding hydrogens is 124 g/mol. The standard InChI is InChI=1S/C8H10N2/c1-2-7-6-9-4-5-10-8(7)3-1/h5-6H,1-4H2. The van der Waals surface area contributed by atoms with Crippen molar-refractivity contribution in [3.63, 3.8) is 0 Å². The van der Waals surface area contributed by atoms with Crippen molar-refractivity contribution >= 4 is 12.4 Å². The Kier molecular flexibility index (Phi) is 1.38. The van der Waals surface area contributed by atoms with Crippen LogP contribution in [0, 0.1) is 0 Å². The monoisotopic (exact) mass is 134 g/mol. The van der Waals surface area contributed by atoms with Crippen LogP contribution in [0.1, 0.15) is 19.3 Å². The Labute approximate surface area is 60.4 Å². The summed E-state index contributed by atoms with van der Waals surface area (Å²) in [4.78, 5) is 8.50. The molecule has 0 radical (unpaired) electrons. The van der Waals surface area contributed by atoms with Gasteiger partial charge in [-0.2, -0.15) is 0 Å². The van der Waals surface area contributed by atoms with Gasteiger partial charge in [0.1, 0.15) is 0 Å². The largest absolute Gasteiger partial charge is 0.287 e. The van der Waals surface area contributed by atoms with Gasteiger partial charge in [0.2, 0.25) is 0 Å². The van der Waals surface area contributed by atoms with Crippen molar-refractivity contribution in [2.45, 2.75) is 19.3 Å². The van der Waals surface area contributed by atoms with E-state index in [-0.39, 0.29) is 0 Å². The lowest BCUT2D eigenvalue weighted by molar-refractivity contribution is 0.896. The Morgan fingerprint density at radius 1 is 1.30 bits per heavy atom. The lowest BCUT2D eigenvalue weighted by atomic mass is 10.2. The molecule has 1 heterocycles. The van der Waals surface area contributed by atoms with Crippen molar-refractivity contribution in [1.82, 2.24) is 0 Å². The highest BCUT2D eigenvalue weighted by molar-refractivity contribution is 5.83. The van der Waals surface area contributed by atoms with Gasteiger partial charge in [-0.1, -0.05) is 0 Å². The molecule has 2 rings (SSSR count). The molecule has 1 aliphatic carbocycles. The Balaban J connectivity index is 2.34. The summed E-state index contributed by atoms with van der Waals surface area (Å²) in [6.45, 7) is 0.757. The molecule has 2 nitrogen and oxygen atoms in total. The van der Waals surface area contributed by atoms with E-state index in [4.69, 9.17) is 0 Å². The van der Waals surface area contributed by atoms with Gasteiger partial charge in [0.15, 0.2) is 0 Å². The number of allylic oxidation sites excluding steroid dienone is 2. The van der Waals surface area contributed by atoms with E-state index in [9.17, 15) is 0 Å². The molecule has 52 valence electrons. The van der Waals surface area contributed by atoms with Crippen molar-refractivity contribution in [3.8, 4) is 0 Å². The zero-order chi connectivity index (χ0) is 6.81. The molecule has 0 amide bonds. The van der Waals surface area contributed by atoms with E-state index < -0.39 is 0 Å². The molecule has 0 aromatic carbocycles. The van der Waals surface area contributed by atoms with Gasteiger partial charge in [-0.25, -0.2) is 0 Å². The van der Waals surface area contributed by atoms with Crippen LogP contribution >= 0.6 is 0 Å². The molecule has 0 saturated heterocycles. The number of aliphatic imine (C=N–C) groups is 2. The molecule has 0 N–H and O–H groups in total. The third-order valence-electron chi connectivity index (χ3n) is 1.91. The highest BCUT2D eigenvalue weighted by Crippen LogP contribution is 2.25. The van der Waals surface area contributed by atoms with Gasteiger partial charge in [-0.3, -0.25) is 9.98 Å². The summed E-state index contributed by atoms with van der Waals surface area (Å²) in [6, 6.07) is 0. The van der Waals surface area contributed by atoms with Crippen molar-refractivity contribution in [1.29, 1.82) is 0 Å². The van der Waals surface area contributed by atoms with Crippen LogP contribution in [0.5, 0.6) is 0 Å². The molecular formula is C8H10N2. The van der Waals surface area contributed by atoms with Crippen molar-refractivity contribution in [2.75, 3.05) is 6.54 Å². The maximum Gasteiger partial charge on any atom is 0.0742 e. The van der Waals surface area contributed by atoms with E-state index in [0.717, 1.165) is 13.0 Å². The molecule has 10 heavy (non-hydrogen) atoms. The second-order valence-corrected chi connectivity index (χ2v) is 2.63. The first kappa shape index (κ1) is 5.83. The van der Waals surface area contributed by atoms with Crippen LogP contribution in [0.4, 0.5) is 0 Å². The number of rotatable bonds is 0. The molecule has 2 heteroatoms. The zero-order valence-corrected chi connectivity index (χ0v) is 5.88. The minimum Gasteiger partial charge on any atom is -0.287 e. The SMILES string of the molecule is C1=NCC=NC2=C1CCC2. The number of hydrogen-bond donors (Lipinski definition) is 0. The minimum absolute atomic E-state index is 0.757. The number of nitrogens with zero attached hydrogens (tertiary/aromatic N) is 2. The van der Waals surface area contributed by atoms with E-state index in [1.807, 2.05) is 12.4 Å². The van der Waals surface area contributed by atoms with Gasteiger partial charge in [0.05, 0.1) is 6.54 Å². The maximum absolute atomic E-state index is 4.31. The normalized spacial score (nSPS) is 23.2. The fraction of sp³-hybridized carbons (Fsp3) is 0.500. The molecule has 0 bridgehead atoms. The smallest absolute Gasteiger partial charge is 0.0742 e. The van der Waals surface area contributed by atoms with Crippen LogP contribution in [-0.2, 0) is 0 Å². The summed E-state index contributed by atoms with van der Waals surface area (Å²) >= 11 is 0. The third kappa shape index (κ3) is 0.897. The fourth-order valence-corrected chi connectivity index (χ4v) is 1.40. The van der Waals surface area contributed by atoms with Crippen LogP contribution in [0.3, 0.4) is 0 Å². The van der Waals surface area contributed by atoms with Gasteiger partial charge < -0.3 is 0 Å². The summed E-state index contributed by atoms with van der Waals surface area (Å²) in [5.74, 6) is 0. The first-order chi connectivity index (χ1) is 4.97. The summed E-state index contributed by atoms with van der Waals surface area (Å²) in [5.41, 5.74) is 2.62. The Hall–Kier alpha value is -0.920. The summed E-state index contributed by atoms with van der Waals surface area (Å²) in [7, 11) is 0. The quantitative estimate of drug-likeness (QED) is 0.480. The van der Waals surface area contributed by atoms with Gasteiger partial charge in [0, 0.05) is 18.1 Å². The van der Waals surface area contributed by atoms with Crippen LogP contribution in [0.2, 0.25) is 0 Å². The van der Waals surface area contributed by atoms with Crippen LogP contribution in [-0.4, -0.2) is 19.0 Å². The highest BCUT2D eigenvalue weighted by atomic mass is 14.8.